The monoisotopic (exact) mass is 1150 g/mol. The molecule has 4 aromatic carbocycles. The van der Waals surface area contributed by atoms with Gasteiger partial charge in [0.15, 0.2) is 9.60 Å². The molecule has 5 aromatic heterocycles. The summed E-state index contributed by atoms with van der Waals surface area (Å²) in [7, 11) is 0. The van der Waals surface area contributed by atoms with Crippen molar-refractivity contribution in [3.8, 4) is 33.9 Å². The van der Waals surface area contributed by atoms with Gasteiger partial charge in [0.05, 0.1) is 45.5 Å². The maximum Gasteiger partial charge on any atom is 3.00 e. The van der Waals surface area contributed by atoms with E-state index in [1.807, 2.05) is 118 Å². The Morgan fingerprint density at radius 1 is 0.525 bits per heavy atom. The van der Waals surface area contributed by atoms with Gasteiger partial charge in [0.25, 0.3) is 0 Å². The fraction of sp³-hybridized carbons (Fsp3) is 0.152. The molecule has 8 bridgehead atoms. The number of hydrogen-bond donors (Lipinski definition) is 0. The van der Waals surface area contributed by atoms with E-state index in [0.717, 1.165) is 123 Å². The Bertz CT molecular complexity index is 4320. The van der Waals surface area contributed by atoms with Crippen LogP contribution in [-0.4, -0.2) is 30.9 Å². The number of rotatable bonds is 12. The van der Waals surface area contributed by atoms with Gasteiger partial charge in [-0.15, -0.1) is 44.7 Å². The molecule has 0 spiro atoms. The van der Waals surface area contributed by atoms with Gasteiger partial charge in [0.2, 0.25) is 11.8 Å². The molecule has 0 N–H and O–H groups in total. The minimum absolute atomic E-state index is 0. The second-order valence-corrected chi connectivity index (χ2v) is 21.3. The minimum atomic E-state index is -0.250. The molecule has 0 aliphatic carbocycles. The molecule has 0 saturated heterocycles. The Morgan fingerprint density at radius 2 is 0.912 bits per heavy atom. The van der Waals surface area contributed by atoms with E-state index in [1.54, 1.807) is 0 Å². The molecule has 9 aromatic rings. The number of para-hydroxylation sites is 2. The zero-order valence-electron chi connectivity index (χ0n) is 45.2. The Morgan fingerprint density at radius 3 is 1.34 bits per heavy atom. The average molecular weight is 1150 g/mol. The standard InChI is InChI=1S/C66H56N8O2S2.ClH.Fe/c1-9-47-41(5)51-33-52-43(7)49(29-31-63(75)71-65-73(59-27-19-17-21-39(59)3)61(37-77-65)45-23-13-11-14-24-45)57(69-52)36-58-50(44(8)54(70-58)35-56-48(10-2)42(6)53(68-56)34-55(47)67-51)30-32-64(76)72-66-74(60-28-20-18-22-40(60)4)62(38-78-66)46-25-15-12-16-26-46;;/h9-28,33-38H,1-2,29-32H2,3-8H3;1H;/q-2;;+3/p-1. The number of halogens is 1. The average Bonchev–Trinajstić information content (AvgIpc) is 4.32. The first kappa shape index (κ1) is 56.7. The Hall–Kier alpha value is -8.03. The van der Waals surface area contributed by atoms with Crippen LogP contribution in [0, 0.1) is 27.7 Å². The predicted octanol–water partition coefficient (Wildman–Crippen LogP) is 11.2. The van der Waals surface area contributed by atoms with Crippen molar-refractivity contribution in [3.63, 3.8) is 0 Å². The van der Waals surface area contributed by atoms with Crippen LogP contribution in [0.3, 0.4) is 0 Å². The van der Waals surface area contributed by atoms with E-state index in [1.165, 1.54) is 22.7 Å². The Balaban J connectivity index is 0.00000387. The molecule has 0 atom stereocenters. The van der Waals surface area contributed by atoms with E-state index < -0.39 is 0 Å². The van der Waals surface area contributed by atoms with Gasteiger partial charge in [0.1, 0.15) is 0 Å². The molecule has 0 fully saturated rings. The smallest absolute Gasteiger partial charge is 1.00 e. The first-order valence-electron chi connectivity index (χ1n) is 26.0. The van der Waals surface area contributed by atoms with Crippen LogP contribution in [0.2, 0.25) is 0 Å². The molecule has 2 aliphatic heterocycles. The summed E-state index contributed by atoms with van der Waals surface area (Å²) >= 11 is 2.89. The summed E-state index contributed by atoms with van der Waals surface area (Å²) in [5, 5.41) is 4.13. The number of allylic oxidation sites excluding steroid dienone is 6. The molecule has 2 aliphatic rings. The summed E-state index contributed by atoms with van der Waals surface area (Å²) < 4.78 is 4.16. The number of benzene rings is 4. The SMILES string of the molecule is C=CC1=C(C)c2cc3[n-]c(cc4[n-]c(cc5nc(cc1n2)C(C)=C5C=C)c(C)c4CCC(=O)N=c1scc(-c2ccccc2)n1-c1ccccc1C)c(CCC(=O)N=c1scc(-c2ccccc2)n1-c1ccccc1C)c3C.[Cl-].[Fe+3]. The number of nitrogens with zero attached hydrogens (tertiary/aromatic N) is 8. The summed E-state index contributed by atoms with van der Waals surface area (Å²) in [5.41, 5.74) is 21.3. The summed E-state index contributed by atoms with van der Waals surface area (Å²) in [5.74, 6) is -0.499. The second kappa shape index (κ2) is 24.1. The van der Waals surface area contributed by atoms with Crippen molar-refractivity contribution >= 4 is 78.8 Å². The Kier molecular flexibility index (Phi) is 17.1. The van der Waals surface area contributed by atoms with Crippen LogP contribution >= 0.6 is 22.7 Å². The number of carbonyl (C=O) groups is 2. The van der Waals surface area contributed by atoms with E-state index in [-0.39, 0.29) is 54.1 Å². The van der Waals surface area contributed by atoms with Gasteiger partial charge >= 0.3 is 17.1 Å². The molecule has 2 amide bonds. The van der Waals surface area contributed by atoms with Crippen molar-refractivity contribution in [2.45, 2.75) is 67.2 Å². The topological polar surface area (TPSA) is 123 Å². The molecular formula is C66H56ClFeN8O2S2. The largest absolute Gasteiger partial charge is 3.00 e. The van der Waals surface area contributed by atoms with E-state index in [9.17, 15) is 9.59 Å². The van der Waals surface area contributed by atoms with Gasteiger partial charge in [-0.1, -0.05) is 163 Å². The molecule has 399 valence electrons. The molecule has 14 heteroatoms. The number of aromatic nitrogens is 6. The van der Waals surface area contributed by atoms with Crippen LogP contribution in [0.4, 0.5) is 0 Å². The third-order valence-corrected chi connectivity index (χ3v) is 16.4. The fourth-order valence-electron chi connectivity index (χ4n) is 10.4. The third-order valence-electron chi connectivity index (χ3n) is 14.8. The van der Waals surface area contributed by atoms with Gasteiger partial charge in [-0.25, -0.2) is 9.97 Å². The van der Waals surface area contributed by atoms with Crippen LogP contribution < -0.4 is 32.0 Å². The number of aryl methyl sites for hydroxylation is 6. The quantitative estimate of drug-likeness (QED) is 0.112. The summed E-state index contributed by atoms with van der Waals surface area (Å²) in [4.78, 5) is 60.3. The number of thiazole rings is 2. The summed E-state index contributed by atoms with van der Waals surface area (Å²) in [6, 6.07) is 44.7. The molecule has 7 heterocycles. The van der Waals surface area contributed by atoms with Crippen LogP contribution in [-0.2, 0) is 39.5 Å². The summed E-state index contributed by atoms with van der Waals surface area (Å²) in [6.45, 7) is 20.7. The zero-order valence-corrected chi connectivity index (χ0v) is 48.7. The molecule has 1 radical (unpaired) electrons. The van der Waals surface area contributed by atoms with Gasteiger partial charge in [-0.3, -0.25) is 18.7 Å². The fourth-order valence-corrected chi connectivity index (χ4v) is 12.3. The molecule has 80 heavy (non-hydrogen) atoms. The number of amides is 2. The maximum atomic E-state index is 14.3. The van der Waals surface area contributed by atoms with E-state index in [4.69, 9.17) is 29.9 Å². The predicted molar refractivity (Wildman–Crippen MR) is 319 cm³/mol. The third kappa shape index (κ3) is 11.0. The van der Waals surface area contributed by atoms with Gasteiger partial charge in [-0.05, 0) is 106 Å². The van der Waals surface area contributed by atoms with Crippen LogP contribution in [0.5, 0.6) is 0 Å². The van der Waals surface area contributed by atoms with Gasteiger partial charge in [-0.2, -0.15) is 9.98 Å². The molecule has 11 rings (SSSR count). The van der Waals surface area contributed by atoms with E-state index in [2.05, 4.69) is 102 Å². The number of hydrogen-bond acceptors (Lipinski definition) is 6. The molecule has 10 nitrogen and oxygen atoms in total. The minimum Gasteiger partial charge on any atom is -1.00 e. The molecular weight excluding hydrogens is 1090 g/mol. The first-order chi connectivity index (χ1) is 37.9. The number of carbonyl (C=O) groups excluding carboxylic acids is 2. The van der Waals surface area contributed by atoms with Gasteiger partial charge < -0.3 is 22.4 Å². The second-order valence-electron chi connectivity index (χ2n) is 19.6. The van der Waals surface area contributed by atoms with E-state index >= 15 is 0 Å². The normalized spacial score (nSPS) is 12.6. The first-order valence-corrected chi connectivity index (χ1v) is 27.7. The van der Waals surface area contributed by atoms with Crippen molar-refractivity contribution in [2.75, 3.05) is 0 Å². The van der Waals surface area contributed by atoms with E-state index in [0.29, 0.717) is 33.5 Å². The Labute approximate surface area is 490 Å². The van der Waals surface area contributed by atoms with Crippen molar-refractivity contribution in [1.29, 1.82) is 0 Å². The zero-order chi connectivity index (χ0) is 54.2. The summed E-state index contributed by atoms with van der Waals surface area (Å²) in [6.07, 6.45) is 4.67. The molecule has 0 saturated carbocycles. The van der Waals surface area contributed by atoms with Crippen LogP contribution in [0.1, 0.15) is 82.8 Å². The molecule has 0 unspecified atom stereocenters. The van der Waals surface area contributed by atoms with Crippen molar-refractivity contribution in [1.82, 2.24) is 29.1 Å². The maximum absolute atomic E-state index is 14.3. The van der Waals surface area contributed by atoms with Crippen LogP contribution in [0.15, 0.2) is 180 Å². The van der Waals surface area contributed by atoms with Gasteiger partial charge in [0, 0.05) is 34.7 Å². The van der Waals surface area contributed by atoms with Crippen molar-refractivity contribution in [3.05, 3.63) is 235 Å². The number of fused-ring (bicyclic) bond motifs is 8. The van der Waals surface area contributed by atoms with Crippen molar-refractivity contribution in [2.24, 2.45) is 9.98 Å². The van der Waals surface area contributed by atoms with Crippen LogP contribution in [0.25, 0.3) is 78.2 Å². The van der Waals surface area contributed by atoms with Crippen molar-refractivity contribution < 1.29 is 39.1 Å².